The van der Waals surface area contributed by atoms with E-state index in [9.17, 15) is 10.5 Å². The van der Waals surface area contributed by atoms with Crippen LogP contribution in [0.5, 0.6) is 0 Å². The van der Waals surface area contributed by atoms with Crippen molar-refractivity contribution in [2.24, 2.45) is 0 Å². The highest BCUT2D eigenvalue weighted by atomic mass is 16.3. The van der Waals surface area contributed by atoms with Crippen LogP contribution >= 0.6 is 0 Å². The Bertz CT molecular complexity index is 3750. The molecule has 12 rings (SSSR count). The molecule has 4 aromatic heterocycles. The third-order valence-corrected chi connectivity index (χ3v) is 11.4. The number of nitriles is 2. The Morgan fingerprint density at radius 2 is 0.946 bits per heavy atom. The maximum atomic E-state index is 10.6. The molecule has 6 heteroatoms. The number of fused-ring (bicyclic) bond motifs is 14. The summed E-state index contributed by atoms with van der Waals surface area (Å²) in [4.78, 5) is 0. The molecule has 0 saturated carbocycles. The zero-order chi connectivity index (χ0) is 37.1. The van der Waals surface area contributed by atoms with Crippen LogP contribution in [-0.4, -0.2) is 9.13 Å². The van der Waals surface area contributed by atoms with Crippen LogP contribution in [0.15, 0.2) is 167 Å². The molecule has 56 heavy (non-hydrogen) atoms. The Hall–Kier alpha value is -8.06. The maximum absolute atomic E-state index is 10.6. The van der Waals surface area contributed by atoms with Crippen LogP contribution in [0.3, 0.4) is 0 Å². The van der Waals surface area contributed by atoms with Crippen molar-refractivity contribution in [2.75, 3.05) is 0 Å². The smallest absolute Gasteiger partial charge is 0.160 e. The van der Waals surface area contributed by atoms with Crippen LogP contribution in [0.2, 0.25) is 0 Å². The van der Waals surface area contributed by atoms with Crippen molar-refractivity contribution in [1.29, 1.82) is 10.5 Å². The summed E-state index contributed by atoms with van der Waals surface area (Å²) in [6, 6.07) is 58.2. The first-order valence-corrected chi connectivity index (χ1v) is 18.5. The van der Waals surface area contributed by atoms with E-state index in [0.29, 0.717) is 11.1 Å². The van der Waals surface area contributed by atoms with Gasteiger partial charge in [0.2, 0.25) is 0 Å². The van der Waals surface area contributed by atoms with Crippen molar-refractivity contribution in [3.8, 4) is 34.6 Å². The lowest BCUT2D eigenvalue weighted by molar-refractivity contribution is 0.670. The van der Waals surface area contributed by atoms with Crippen LogP contribution in [0.1, 0.15) is 11.1 Å². The molecular formula is C50H26N4O2. The highest BCUT2D eigenvalue weighted by molar-refractivity contribution is 6.23. The second kappa shape index (κ2) is 11.2. The summed E-state index contributed by atoms with van der Waals surface area (Å²) in [5.41, 5.74) is 11.4. The second-order valence-corrected chi connectivity index (χ2v) is 14.3. The van der Waals surface area contributed by atoms with Gasteiger partial charge >= 0.3 is 0 Å². The topological polar surface area (TPSA) is 83.7 Å². The fourth-order valence-corrected chi connectivity index (χ4v) is 8.94. The fourth-order valence-electron chi connectivity index (χ4n) is 8.94. The minimum atomic E-state index is 0.520. The van der Waals surface area contributed by atoms with E-state index >= 15 is 0 Å². The predicted molar refractivity (Wildman–Crippen MR) is 225 cm³/mol. The Balaban J connectivity index is 1.14. The Labute approximate surface area is 318 Å². The van der Waals surface area contributed by atoms with Crippen molar-refractivity contribution < 1.29 is 8.83 Å². The number of hydrogen-bond donors (Lipinski definition) is 0. The van der Waals surface area contributed by atoms with Crippen molar-refractivity contribution in [3.05, 3.63) is 169 Å². The Morgan fingerprint density at radius 1 is 0.411 bits per heavy atom. The van der Waals surface area contributed by atoms with Gasteiger partial charge in [0.1, 0.15) is 17.2 Å². The first kappa shape index (κ1) is 30.4. The van der Waals surface area contributed by atoms with Gasteiger partial charge in [-0.3, -0.25) is 0 Å². The summed E-state index contributed by atoms with van der Waals surface area (Å²) in [5.74, 6) is 0. The van der Waals surface area contributed by atoms with Crippen molar-refractivity contribution in [1.82, 2.24) is 9.13 Å². The molecule has 0 aliphatic heterocycles. The van der Waals surface area contributed by atoms with Gasteiger partial charge in [-0.05, 0) is 77.9 Å². The van der Waals surface area contributed by atoms with Gasteiger partial charge in [0, 0.05) is 48.8 Å². The molecule has 8 aromatic carbocycles. The number of nitrogens with zero attached hydrogens (tertiary/aromatic N) is 4. The van der Waals surface area contributed by atoms with E-state index in [2.05, 4.69) is 100 Å². The first-order valence-electron chi connectivity index (χ1n) is 18.5. The largest absolute Gasteiger partial charge is 0.454 e. The molecule has 12 aromatic rings. The number of para-hydroxylation sites is 4. The lowest BCUT2D eigenvalue weighted by Gasteiger charge is -2.14. The number of aromatic nitrogens is 2. The molecule has 4 heterocycles. The van der Waals surface area contributed by atoms with Crippen LogP contribution in [0.25, 0.3) is 110 Å². The van der Waals surface area contributed by atoms with E-state index in [1.54, 1.807) is 0 Å². The molecule has 6 nitrogen and oxygen atoms in total. The summed E-state index contributed by atoms with van der Waals surface area (Å²) in [6.07, 6.45) is 0. The van der Waals surface area contributed by atoms with Crippen molar-refractivity contribution in [2.45, 2.75) is 0 Å². The highest BCUT2D eigenvalue weighted by Gasteiger charge is 2.23. The van der Waals surface area contributed by atoms with Crippen LogP contribution in [0, 0.1) is 22.7 Å². The van der Waals surface area contributed by atoms with Gasteiger partial charge in [0.15, 0.2) is 11.2 Å². The normalized spacial score (nSPS) is 11.9. The Morgan fingerprint density at radius 3 is 1.55 bits per heavy atom. The van der Waals surface area contributed by atoms with E-state index < -0.39 is 0 Å². The highest BCUT2D eigenvalue weighted by Crippen LogP contribution is 2.43. The molecule has 0 bridgehead atoms. The van der Waals surface area contributed by atoms with Crippen molar-refractivity contribution in [3.63, 3.8) is 0 Å². The van der Waals surface area contributed by atoms with Gasteiger partial charge in [-0.2, -0.15) is 10.5 Å². The summed E-state index contributed by atoms with van der Waals surface area (Å²) >= 11 is 0. The predicted octanol–water partition coefficient (Wildman–Crippen LogP) is 13.1. The van der Waals surface area contributed by atoms with Crippen LogP contribution in [-0.2, 0) is 0 Å². The average Bonchev–Trinajstić information content (AvgIpc) is 4.01. The summed E-state index contributed by atoms with van der Waals surface area (Å²) in [5, 5.41) is 29.5. The quantitative estimate of drug-likeness (QED) is 0.182. The third kappa shape index (κ3) is 4.07. The van der Waals surface area contributed by atoms with Crippen molar-refractivity contribution >= 4 is 87.5 Å². The van der Waals surface area contributed by atoms with Crippen LogP contribution < -0.4 is 0 Å². The molecule has 0 radical (unpaired) electrons. The monoisotopic (exact) mass is 714 g/mol. The first-order chi connectivity index (χ1) is 27.7. The maximum Gasteiger partial charge on any atom is 0.160 e. The molecule has 0 atom stereocenters. The number of rotatable bonds is 3. The molecule has 0 N–H and O–H groups in total. The van der Waals surface area contributed by atoms with Gasteiger partial charge in [-0.15, -0.1) is 0 Å². The second-order valence-electron chi connectivity index (χ2n) is 14.3. The van der Waals surface area contributed by atoms with Gasteiger partial charge in [0.05, 0.1) is 45.0 Å². The standard InChI is InChI=1S/C50H26N4O2/c51-27-29-23-32(25-33(24-29)53-42-13-5-1-9-34(42)38-19-21-40-36-11-3-7-15-45(36)55-49(40)47(38)53)30-17-18-31(28-52)44(26-30)54-43-14-6-2-10-35(43)39-20-22-41-37-12-4-8-16-46(37)56-50(41)48(39)54/h1-26H. The molecule has 0 aliphatic rings. The molecule has 0 spiro atoms. The Kier molecular flexibility index (Phi) is 6.10. The summed E-state index contributed by atoms with van der Waals surface area (Å²) in [6.45, 7) is 0. The lowest BCUT2D eigenvalue weighted by Crippen LogP contribution is -1.99. The third-order valence-electron chi connectivity index (χ3n) is 11.4. The van der Waals surface area contributed by atoms with E-state index in [0.717, 1.165) is 110 Å². The minimum Gasteiger partial charge on any atom is -0.454 e. The molecule has 258 valence electrons. The zero-order valence-corrected chi connectivity index (χ0v) is 29.6. The molecular weight excluding hydrogens is 689 g/mol. The van der Waals surface area contributed by atoms with Gasteiger partial charge < -0.3 is 18.0 Å². The van der Waals surface area contributed by atoms with Gasteiger partial charge in [-0.1, -0.05) is 91.0 Å². The molecule has 0 fully saturated rings. The number of benzene rings is 8. The molecule has 0 aliphatic carbocycles. The number of furan rings is 2. The van der Waals surface area contributed by atoms with Gasteiger partial charge in [0.25, 0.3) is 0 Å². The zero-order valence-electron chi connectivity index (χ0n) is 29.6. The average molecular weight is 715 g/mol. The van der Waals surface area contributed by atoms with E-state index in [4.69, 9.17) is 8.83 Å². The summed E-state index contributed by atoms with van der Waals surface area (Å²) < 4.78 is 17.6. The van der Waals surface area contributed by atoms with Gasteiger partial charge in [-0.25, -0.2) is 0 Å². The molecule has 0 amide bonds. The van der Waals surface area contributed by atoms with E-state index in [-0.39, 0.29) is 0 Å². The lowest BCUT2D eigenvalue weighted by atomic mass is 9.99. The fraction of sp³-hybridized carbons (Fsp3) is 0. The molecule has 0 unspecified atom stereocenters. The van der Waals surface area contributed by atoms with E-state index in [1.165, 1.54) is 0 Å². The SMILES string of the molecule is N#Cc1cc(-c2ccc(C#N)c(-n3c4ccccc4c4ccc5c6ccccc6oc5c43)c2)cc(-n2c3ccccc3c3ccc4c5ccccc5oc4c32)c1. The molecule has 0 saturated heterocycles. The van der Waals surface area contributed by atoms with Crippen LogP contribution in [0.4, 0.5) is 0 Å². The number of hydrogen-bond acceptors (Lipinski definition) is 4. The van der Waals surface area contributed by atoms with E-state index in [1.807, 2.05) is 78.9 Å². The summed E-state index contributed by atoms with van der Waals surface area (Å²) in [7, 11) is 0. The minimum absolute atomic E-state index is 0.520.